The molecule has 1 aliphatic carbocycles. The van der Waals surface area contributed by atoms with Crippen molar-refractivity contribution < 1.29 is 4.79 Å². The fourth-order valence-corrected chi connectivity index (χ4v) is 3.67. The summed E-state index contributed by atoms with van der Waals surface area (Å²) in [6, 6.07) is 12.6. The molecule has 0 unspecified atom stereocenters. The lowest BCUT2D eigenvalue weighted by molar-refractivity contribution is -0.114. The van der Waals surface area contributed by atoms with Gasteiger partial charge in [-0.2, -0.15) is 0 Å². The van der Waals surface area contributed by atoms with Crippen LogP contribution in [0.5, 0.6) is 0 Å². The van der Waals surface area contributed by atoms with Gasteiger partial charge in [0.1, 0.15) is 0 Å². The number of thiazole rings is 1. The third-order valence-corrected chi connectivity index (χ3v) is 4.32. The van der Waals surface area contributed by atoms with Gasteiger partial charge in [0.15, 0.2) is 5.13 Å². The lowest BCUT2D eigenvalue weighted by atomic mass is 10.0. The number of fused-ring (bicyclic) bond motifs is 3. The molecule has 0 bridgehead atoms. The van der Waals surface area contributed by atoms with Crippen LogP contribution in [0.1, 0.15) is 6.92 Å². The number of hydrogen-bond acceptors (Lipinski definition) is 3. The van der Waals surface area contributed by atoms with E-state index >= 15 is 0 Å². The van der Waals surface area contributed by atoms with Crippen molar-refractivity contribution in [2.45, 2.75) is 6.92 Å². The van der Waals surface area contributed by atoms with Crippen molar-refractivity contribution in [3.8, 4) is 21.7 Å². The van der Waals surface area contributed by atoms with E-state index in [9.17, 15) is 4.79 Å². The Morgan fingerprint density at radius 1 is 1.16 bits per heavy atom. The molecule has 0 saturated carbocycles. The van der Waals surface area contributed by atoms with E-state index in [-0.39, 0.29) is 5.91 Å². The van der Waals surface area contributed by atoms with E-state index in [0.29, 0.717) is 5.13 Å². The summed E-state index contributed by atoms with van der Waals surface area (Å²) in [6.45, 7) is 1.50. The quantitative estimate of drug-likeness (QED) is 0.567. The Kier molecular flexibility index (Phi) is 2.05. The molecular weight excluding hydrogens is 256 g/mol. The predicted octanol–water partition coefficient (Wildman–Crippen LogP) is 3.90. The van der Waals surface area contributed by atoms with Crippen molar-refractivity contribution in [2.24, 2.45) is 0 Å². The van der Waals surface area contributed by atoms with Gasteiger partial charge in [0.05, 0.1) is 10.6 Å². The molecule has 3 aromatic rings. The second-order valence-electron chi connectivity index (χ2n) is 4.59. The maximum Gasteiger partial charge on any atom is 0.223 e. The largest absolute Gasteiger partial charge is 0.302 e. The van der Waals surface area contributed by atoms with Gasteiger partial charge in [-0.15, -0.1) is 0 Å². The van der Waals surface area contributed by atoms with Gasteiger partial charge in [0.2, 0.25) is 5.91 Å². The van der Waals surface area contributed by atoms with Crippen LogP contribution in [-0.4, -0.2) is 10.9 Å². The third kappa shape index (κ3) is 1.43. The Balaban J connectivity index is 2.00. The van der Waals surface area contributed by atoms with E-state index in [0.717, 1.165) is 16.1 Å². The lowest BCUT2D eigenvalue weighted by Crippen LogP contribution is -2.04. The van der Waals surface area contributed by atoms with Crippen LogP contribution in [0.4, 0.5) is 5.13 Å². The summed E-state index contributed by atoms with van der Waals surface area (Å²) in [4.78, 5) is 16.8. The zero-order chi connectivity index (χ0) is 13.0. The van der Waals surface area contributed by atoms with E-state index in [1.54, 1.807) is 0 Å². The summed E-state index contributed by atoms with van der Waals surface area (Å²) in [5.74, 6) is -0.0843. The fraction of sp³-hybridized carbons (Fsp3) is 0.0667. The van der Waals surface area contributed by atoms with Gasteiger partial charge >= 0.3 is 0 Å². The number of aromatic nitrogens is 1. The molecule has 0 spiro atoms. The molecular formula is C15H10N2OS. The number of nitrogens with zero attached hydrogens (tertiary/aromatic N) is 1. The number of carbonyl (C=O) groups excluding carboxylic acids is 1. The van der Waals surface area contributed by atoms with Crippen molar-refractivity contribution in [2.75, 3.05) is 5.32 Å². The van der Waals surface area contributed by atoms with Crippen LogP contribution >= 0.6 is 11.3 Å². The van der Waals surface area contributed by atoms with Crippen LogP contribution in [0.2, 0.25) is 0 Å². The second kappa shape index (κ2) is 3.65. The predicted molar refractivity (Wildman–Crippen MR) is 78.4 cm³/mol. The molecule has 0 fully saturated rings. The van der Waals surface area contributed by atoms with Gasteiger partial charge in [-0.05, 0) is 10.8 Å². The highest BCUT2D eigenvalue weighted by Gasteiger charge is 2.25. The standard InChI is InChI=1S/C15H10N2OS/c1-8(18)16-15-17-13-10-6-2-4-9-5-3-7-11(12(9)10)14(13)19-15/h2-7H,1H3,(H,16,17,18). The van der Waals surface area contributed by atoms with Gasteiger partial charge < -0.3 is 5.32 Å². The SMILES string of the molecule is CC(=O)Nc1nc2c(s1)-c1cccc3cccc-2c13. The molecule has 0 saturated heterocycles. The van der Waals surface area contributed by atoms with Crippen LogP contribution < -0.4 is 5.32 Å². The molecule has 19 heavy (non-hydrogen) atoms. The summed E-state index contributed by atoms with van der Waals surface area (Å²) >= 11 is 1.54. The molecule has 1 amide bonds. The first-order valence-corrected chi connectivity index (χ1v) is 6.86. The minimum absolute atomic E-state index is 0.0843. The molecule has 4 heteroatoms. The van der Waals surface area contributed by atoms with Crippen molar-refractivity contribution >= 4 is 33.1 Å². The molecule has 1 aromatic heterocycles. The maximum atomic E-state index is 11.1. The minimum atomic E-state index is -0.0843. The van der Waals surface area contributed by atoms with E-state index in [4.69, 9.17) is 0 Å². The molecule has 0 atom stereocenters. The van der Waals surface area contributed by atoms with E-state index < -0.39 is 0 Å². The van der Waals surface area contributed by atoms with Crippen molar-refractivity contribution in [3.05, 3.63) is 36.4 Å². The van der Waals surface area contributed by atoms with Gasteiger partial charge in [-0.3, -0.25) is 4.79 Å². The average Bonchev–Trinajstić information content (AvgIpc) is 2.90. The lowest BCUT2D eigenvalue weighted by Gasteiger charge is -2.01. The van der Waals surface area contributed by atoms with Gasteiger partial charge in [-0.25, -0.2) is 4.98 Å². The highest BCUT2D eigenvalue weighted by atomic mass is 32.1. The molecule has 4 rings (SSSR count). The fourth-order valence-electron chi connectivity index (χ4n) is 2.62. The zero-order valence-corrected chi connectivity index (χ0v) is 11.0. The normalized spacial score (nSPS) is 11.6. The monoisotopic (exact) mass is 266 g/mol. The van der Waals surface area contributed by atoms with Crippen LogP contribution in [0, 0.1) is 0 Å². The topological polar surface area (TPSA) is 42.0 Å². The van der Waals surface area contributed by atoms with Gasteiger partial charge in [-0.1, -0.05) is 47.7 Å². The number of benzene rings is 2. The van der Waals surface area contributed by atoms with Crippen LogP contribution in [0.15, 0.2) is 36.4 Å². The van der Waals surface area contributed by atoms with Gasteiger partial charge in [0, 0.05) is 18.1 Å². The first kappa shape index (κ1) is 10.7. The first-order chi connectivity index (χ1) is 9.24. The summed E-state index contributed by atoms with van der Waals surface area (Å²) in [6.07, 6.45) is 0. The van der Waals surface area contributed by atoms with Crippen LogP contribution in [-0.2, 0) is 4.79 Å². The summed E-state index contributed by atoms with van der Waals surface area (Å²) < 4.78 is 0. The molecule has 1 N–H and O–H groups in total. The molecule has 0 radical (unpaired) electrons. The Labute approximate surface area is 113 Å². The van der Waals surface area contributed by atoms with Crippen molar-refractivity contribution in [1.82, 2.24) is 4.98 Å². The zero-order valence-electron chi connectivity index (χ0n) is 10.2. The number of nitrogens with one attached hydrogen (secondary N) is 1. The minimum Gasteiger partial charge on any atom is -0.302 e. The average molecular weight is 266 g/mol. The van der Waals surface area contributed by atoms with E-state index in [1.807, 2.05) is 6.07 Å². The molecule has 1 aliphatic rings. The third-order valence-electron chi connectivity index (χ3n) is 3.31. The summed E-state index contributed by atoms with van der Waals surface area (Å²) in [7, 11) is 0. The summed E-state index contributed by atoms with van der Waals surface area (Å²) in [5, 5.41) is 5.94. The van der Waals surface area contributed by atoms with Gasteiger partial charge in [0.25, 0.3) is 0 Å². The number of anilines is 1. The molecule has 3 nitrogen and oxygen atoms in total. The molecule has 1 heterocycles. The molecule has 2 aromatic carbocycles. The highest BCUT2D eigenvalue weighted by Crippen LogP contribution is 2.50. The number of amides is 1. The van der Waals surface area contributed by atoms with Crippen LogP contribution in [0.25, 0.3) is 32.5 Å². The number of rotatable bonds is 1. The Morgan fingerprint density at radius 2 is 1.89 bits per heavy atom. The van der Waals surface area contributed by atoms with Crippen molar-refractivity contribution in [3.63, 3.8) is 0 Å². The molecule has 0 aliphatic heterocycles. The van der Waals surface area contributed by atoms with E-state index in [1.165, 1.54) is 34.6 Å². The number of hydrogen-bond donors (Lipinski definition) is 1. The Hall–Kier alpha value is -2.20. The smallest absolute Gasteiger partial charge is 0.223 e. The Bertz CT molecular complexity index is 779. The first-order valence-electron chi connectivity index (χ1n) is 6.05. The Morgan fingerprint density at radius 3 is 2.63 bits per heavy atom. The van der Waals surface area contributed by atoms with Crippen LogP contribution in [0.3, 0.4) is 0 Å². The molecule has 92 valence electrons. The second-order valence-corrected chi connectivity index (χ2v) is 5.59. The maximum absolute atomic E-state index is 11.1. The van der Waals surface area contributed by atoms with Crippen molar-refractivity contribution in [1.29, 1.82) is 0 Å². The highest BCUT2D eigenvalue weighted by molar-refractivity contribution is 7.19. The van der Waals surface area contributed by atoms with E-state index in [2.05, 4.69) is 40.6 Å². The number of carbonyl (C=O) groups is 1. The summed E-state index contributed by atoms with van der Waals surface area (Å²) in [5.41, 5.74) is 3.37.